The Kier molecular flexibility index (Phi) is 3.40. The van der Waals surface area contributed by atoms with Crippen LogP contribution in [0.15, 0.2) is 30.3 Å². The SMILES string of the molecule is CS(=O)(=O)N1C=[N+](S(C)(=O)=O)CC1c1ccccc1. The van der Waals surface area contributed by atoms with Crippen LogP contribution in [-0.4, -0.2) is 50.5 Å². The second kappa shape index (κ2) is 4.61. The van der Waals surface area contributed by atoms with Gasteiger partial charge in [0.2, 0.25) is 0 Å². The van der Waals surface area contributed by atoms with Gasteiger partial charge < -0.3 is 0 Å². The summed E-state index contributed by atoms with van der Waals surface area (Å²) >= 11 is 0. The first-order valence-electron chi connectivity index (χ1n) is 5.55. The molecule has 0 N–H and O–H groups in total. The first-order valence-corrected chi connectivity index (χ1v) is 9.24. The predicted molar refractivity (Wildman–Crippen MR) is 71.9 cm³/mol. The summed E-state index contributed by atoms with van der Waals surface area (Å²) < 4.78 is 48.8. The normalized spacial score (nSPS) is 20.4. The van der Waals surface area contributed by atoms with Gasteiger partial charge in [-0.25, -0.2) is 0 Å². The van der Waals surface area contributed by atoms with Crippen LogP contribution in [0.25, 0.3) is 0 Å². The zero-order chi connectivity index (χ0) is 14.3. The molecule has 1 aliphatic rings. The molecule has 0 radical (unpaired) electrons. The lowest BCUT2D eigenvalue weighted by Crippen LogP contribution is -2.30. The maximum absolute atomic E-state index is 11.8. The highest BCUT2D eigenvalue weighted by molar-refractivity contribution is 7.89. The second-order valence-electron chi connectivity index (χ2n) is 4.47. The van der Waals surface area contributed by atoms with E-state index in [9.17, 15) is 16.8 Å². The number of hydrogen-bond donors (Lipinski definition) is 0. The third-order valence-corrected chi connectivity index (χ3v) is 5.11. The van der Waals surface area contributed by atoms with Gasteiger partial charge in [-0.05, 0) is 0 Å². The molecule has 1 heterocycles. The molecule has 0 amide bonds. The van der Waals surface area contributed by atoms with Crippen LogP contribution >= 0.6 is 0 Å². The molecule has 1 aromatic rings. The van der Waals surface area contributed by atoms with Crippen LogP contribution in [0.4, 0.5) is 0 Å². The van der Waals surface area contributed by atoms with E-state index >= 15 is 0 Å². The van der Waals surface area contributed by atoms with E-state index in [1.54, 1.807) is 24.3 Å². The van der Waals surface area contributed by atoms with Crippen LogP contribution in [0.3, 0.4) is 0 Å². The molecule has 0 fully saturated rings. The summed E-state index contributed by atoms with van der Waals surface area (Å²) in [5, 5.41) is 0. The number of hydrogen-bond acceptors (Lipinski definition) is 4. The van der Waals surface area contributed by atoms with Crippen molar-refractivity contribution in [2.75, 3.05) is 19.1 Å². The second-order valence-corrected chi connectivity index (χ2v) is 8.29. The zero-order valence-electron chi connectivity index (χ0n) is 10.6. The Hall–Kier alpha value is -1.41. The van der Waals surface area contributed by atoms with Gasteiger partial charge in [-0.15, -0.1) is 4.31 Å². The van der Waals surface area contributed by atoms with Gasteiger partial charge in [0, 0.05) is 5.56 Å². The Morgan fingerprint density at radius 2 is 1.68 bits per heavy atom. The van der Waals surface area contributed by atoms with E-state index in [-0.39, 0.29) is 6.54 Å². The predicted octanol–water partition coefficient (Wildman–Crippen LogP) is 0.00330. The quantitative estimate of drug-likeness (QED) is 0.737. The minimum atomic E-state index is -3.52. The topological polar surface area (TPSA) is 74.5 Å². The molecule has 104 valence electrons. The summed E-state index contributed by atoms with van der Waals surface area (Å²) in [4.78, 5) is 0. The molecule has 6 nitrogen and oxygen atoms in total. The highest BCUT2D eigenvalue weighted by atomic mass is 32.2. The van der Waals surface area contributed by atoms with E-state index in [4.69, 9.17) is 0 Å². The van der Waals surface area contributed by atoms with E-state index in [1.807, 2.05) is 6.07 Å². The molecule has 0 saturated carbocycles. The molecule has 0 saturated heterocycles. The van der Waals surface area contributed by atoms with Crippen molar-refractivity contribution in [2.45, 2.75) is 6.04 Å². The summed E-state index contributed by atoms with van der Waals surface area (Å²) in [6.45, 7) is 0.0932. The molecule has 8 heteroatoms. The minimum Gasteiger partial charge on any atom is -0.184 e. The molecule has 19 heavy (non-hydrogen) atoms. The highest BCUT2D eigenvalue weighted by Gasteiger charge is 2.42. The minimum absolute atomic E-state index is 0.0932. The standard InChI is InChI=1S/C11H15N2O4S2/c1-18(14,15)12-8-11(10-6-4-3-5-7-10)13(9-12)19(2,16)17/h3-7,9,11H,8H2,1-2H3/q+1. The van der Waals surface area contributed by atoms with Crippen molar-refractivity contribution in [3.63, 3.8) is 0 Å². The van der Waals surface area contributed by atoms with Crippen molar-refractivity contribution in [1.82, 2.24) is 4.31 Å². The molecule has 1 aromatic carbocycles. The van der Waals surface area contributed by atoms with E-state index < -0.39 is 26.1 Å². The van der Waals surface area contributed by atoms with Crippen LogP contribution in [-0.2, 0) is 20.0 Å². The summed E-state index contributed by atoms with van der Waals surface area (Å²) in [5.74, 6) is 0. The molecule has 0 spiro atoms. The average molecular weight is 303 g/mol. The van der Waals surface area contributed by atoms with Gasteiger partial charge >= 0.3 is 0 Å². The number of benzene rings is 1. The number of rotatable bonds is 3. The van der Waals surface area contributed by atoms with Gasteiger partial charge in [-0.2, -0.15) is 20.8 Å². The Morgan fingerprint density at radius 1 is 1.11 bits per heavy atom. The number of sulfonamides is 2. The molecule has 1 aliphatic heterocycles. The van der Waals surface area contributed by atoms with Crippen molar-refractivity contribution in [2.24, 2.45) is 0 Å². The fourth-order valence-electron chi connectivity index (χ4n) is 1.97. The van der Waals surface area contributed by atoms with E-state index in [0.29, 0.717) is 0 Å². The Balaban J connectivity index is 2.48. The van der Waals surface area contributed by atoms with Crippen molar-refractivity contribution >= 4 is 26.4 Å². The van der Waals surface area contributed by atoms with E-state index in [2.05, 4.69) is 0 Å². The van der Waals surface area contributed by atoms with Crippen molar-refractivity contribution in [1.29, 1.82) is 0 Å². The lowest BCUT2D eigenvalue weighted by molar-refractivity contribution is -0.352. The molecular formula is C11H15N2O4S2+. The van der Waals surface area contributed by atoms with Crippen LogP contribution in [0.1, 0.15) is 11.6 Å². The molecule has 2 rings (SSSR count). The molecule has 1 atom stereocenters. The maximum Gasteiger partial charge on any atom is 0.298 e. The van der Waals surface area contributed by atoms with Crippen molar-refractivity contribution in [3.8, 4) is 0 Å². The summed E-state index contributed by atoms with van der Waals surface area (Å²) in [5.41, 5.74) is 0.760. The van der Waals surface area contributed by atoms with Gasteiger partial charge in [-0.1, -0.05) is 30.3 Å². The maximum atomic E-state index is 11.8. The highest BCUT2D eigenvalue weighted by Crippen LogP contribution is 2.26. The smallest absolute Gasteiger partial charge is 0.184 e. The average Bonchev–Trinajstić information content (AvgIpc) is 2.74. The van der Waals surface area contributed by atoms with E-state index in [1.165, 1.54) is 0 Å². The third kappa shape index (κ3) is 2.95. The monoisotopic (exact) mass is 303 g/mol. The molecule has 0 aromatic heterocycles. The zero-order valence-corrected chi connectivity index (χ0v) is 12.2. The third-order valence-electron chi connectivity index (χ3n) is 2.90. The largest absolute Gasteiger partial charge is 0.298 e. The Labute approximate surface area is 113 Å². The lowest BCUT2D eigenvalue weighted by Gasteiger charge is -2.14. The fourth-order valence-corrected chi connectivity index (χ4v) is 3.65. The van der Waals surface area contributed by atoms with Crippen molar-refractivity contribution in [3.05, 3.63) is 35.9 Å². The molecule has 1 unspecified atom stereocenters. The molecule has 0 bridgehead atoms. The van der Waals surface area contributed by atoms with Crippen LogP contribution in [0.5, 0.6) is 0 Å². The molecular weight excluding hydrogens is 288 g/mol. The summed E-state index contributed by atoms with van der Waals surface area (Å²) in [6, 6.07) is 8.44. The number of nitrogens with zero attached hydrogens (tertiary/aromatic N) is 2. The lowest BCUT2D eigenvalue weighted by atomic mass is 10.1. The van der Waals surface area contributed by atoms with Gasteiger partial charge in [0.15, 0.2) is 6.04 Å². The fraction of sp³-hybridized carbons (Fsp3) is 0.364. The van der Waals surface area contributed by atoms with Crippen LogP contribution in [0.2, 0.25) is 0 Å². The van der Waals surface area contributed by atoms with Gasteiger partial charge in [0.05, 0.1) is 12.5 Å². The van der Waals surface area contributed by atoms with Crippen molar-refractivity contribution < 1.29 is 20.8 Å². The van der Waals surface area contributed by atoms with Gasteiger partial charge in [0.25, 0.3) is 26.4 Å². The summed E-state index contributed by atoms with van der Waals surface area (Å²) in [6.07, 6.45) is 3.25. The Morgan fingerprint density at radius 3 is 2.16 bits per heavy atom. The van der Waals surface area contributed by atoms with Crippen LogP contribution in [0, 0.1) is 0 Å². The molecule has 0 aliphatic carbocycles. The Bertz CT molecular complexity index is 708. The first kappa shape index (κ1) is 14.0. The van der Waals surface area contributed by atoms with Gasteiger partial charge in [-0.3, -0.25) is 0 Å². The van der Waals surface area contributed by atoms with Crippen LogP contribution < -0.4 is 0 Å². The first-order chi connectivity index (χ1) is 8.69. The van der Waals surface area contributed by atoms with E-state index in [0.717, 1.165) is 32.7 Å². The van der Waals surface area contributed by atoms with Gasteiger partial charge in [0.1, 0.15) is 6.54 Å². The summed E-state index contributed by atoms with van der Waals surface area (Å²) in [7, 11) is -6.99.